The second-order valence-electron chi connectivity index (χ2n) is 2.53. The van der Waals surface area contributed by atoms with Crippen LogP contribution in [-0.2, 0) is 0 Å². The van der Waals surface area contributed by atoms with Crippen LogP contribution in [0.2, 0.25) is 0 Å². The number of hydrogen-bond donors (Lipinski definition) is 1. The number of hydrogen-bond acceptors (Lipinski definition) is 2. The van der Waals surface area contributed by atoms with E-state index in [0.29, 0.717) is 6.04 Å². The first-order chi connectivity index (χ1) is 4.88. The van der Waals surface area contributed by atoms with Crippen LogP contribution in [0.25, 0.3) is 0 Å². The van der Waals surface area contributed by atoms with Crippen molar-refractivity contribution in [2.45, 2.75) is 12.5 Å². The van der Waals surface area contributed by atoms with Gasteiger partial charge in [0.25, 0.3) is 0 Å². The summed E-state index contributed by atoms with van der Waals surface area (Å²) in [6, 6.07) is 0.461. The van der Waals surface area contributed by atoms with Crippen molar-refractivity contribution in [2.24, 2.45) is 0 Å². The molecule has 1 N–H and O–H groups in total. The lowest BCUT2D eigenvalue weighted by Crippen LogP contribution is -2.22. The van der Waals surface area contributed by atoms with Crippen LogP contribution >= 0.6 is 11.8 Å². The molecule has 1 aliphatic carbocycles. The Kier molecular flexibility index (Phi) is 1.43. The summed E-state index contributed by atoms with van der Waals surface area (Å²) >= 11 is 5.85. The van der Waals surface area contributed by atoms with E-state index in [4.69, 9.17) is 11.8 Å². The standard InChI is InChI=1S/C7H9ClN2/c8-10-5-9-6-3-1-2-4-7(6)10/h1-2,4,6,9H,3,5H2. The smallest absolute Gasteiger partial charge is 0.0845 e. The van der Waals surface area contributed by atoms with Crippen molar-refractivity contribution in [3.63, 3.8) is 0 Å². The molecule has 2 rings (SSSR count). The Labute approximate surface area is 65.3 Å². The Morgan fingerprint density at radius 2 is 2.60 bits per heavy atom. The molecular formula is C7H9ClN2. The largest absolute Gasteiger partial charge is 0.290 e. The zero-order chi connectivity index (χ0) is 6.97. The minimum Gasteiger partial charge on any atom is -0.290 e. The molecule has 1 fully saturated rings. The highest BCUT2D eigenvalue weighted by Gasteiger charge is 2.25. The maximum Gasteiger partial charge on any atom is 0.0845 e. The van der Waals surface area contributed by atoms with E-state index >= 15 is 0 Å². The molecule has 3 heteroatoms. The fraction of sp³-hybridized carbons (Fsp3) is 0.429. The van der Waals surface area contributed by atoms with E-state index in [-0.39, 0.29) is 0 Å². The summed E-state index contributed by atoms with van der Waals surface area (Å²) in [6.07, 6.45) is 7.32. The summed E-state index contributed by atoms with van der Waals surface area (Å²) in [7, 11) is 0. The molecule has 54 valence electrons. The Morgan fingerprint density at radius 3 is 3.40 bits per heavy atom. The van der Waals surface area contributed by atoms with Gasteiger partial charge in [-0.2, -0.15) is 0 Å². The van der Waals surface area contributed by atoms with Gasteiger partial charge in [-0.15, -0.1) is 0 Å². The molecule has 0 bridgehead atoms. The van der Waals surface area contributed by atoms with Crippen LogP contribution < -0.4 is 5.32 Å². The first-order valence-electron chi connectivity index (χ1n) is 3.41. The maximum absolute atomic E-state index is 5.85. The molecule has 1 aliphatic heterocycles. The highest BCUT2D eigenvalue weighted by molar-refractivity contribution is 6.14. The van der Waals surface area contributed by atoms with Gasteiger partial charge in [-0.1, -0.05) is 12.2 Å². The van der Waals surface area contributed by atoms with E-state index in [1.807, 2.05) is 6.08 Å². The quantitative estimate of drug-likeness (QED) is 0.531. The number of rotatable bonds is 0. The summed E-state index contributed by atoms with van der Waals surface area (Å²) in [5.41, 5.74) is 1.20. The molecular weight excluding hydrogens is 148 g/mol. The van der Waals surface area contributed by atoms with Gasteiger partial charge in [0.05, 0.1) is 12.7 Å². The zero-order valence-corrected chi connectivity index (χ0v) is 6.30. The molecule has 0 amide bonds. The SMILES string of the molecule is ClN1CNC2CC=CC=C21. The van der Waals surface area contributed by atoms with Crippen molar-refractivity contribution >= 4 is 11.8 Å². The summed E-state index contributed by atoms with van der Waals surface area (Å²) in [5.74, 6) is 0. The van der Waals surface area contributed by atoms with E-state index in [1.165, 1.54) is 5.70 Å². The van der Waals surface area contributed by atoms with Gasteiger partial charge in [-0.05, 0) is 12.5 Å². The van der Waals surface area contributed by atoms with Gasteiger partial charge < -0.3 is 0 Å². The molecule has 0 radical (unpaired) electrons. The van der Waals surface area contributed by atoms with Gasteiger partial charge in [-0.25, -0.2) is 0 Å². The Morgan fingerprint density at radius 1 is 1.70 bits per heavy atom. The number of fused-ring (bicyclic) bond motifs is 1. The second kappa shape index (κ2) is 2.29. The van der Waals surface area contributed by atoms with E-state index in [1.54, 1.807) is 4.42 Å². The minimum atomic E-state index is 0.461. The van der Waals surface area contributed by atoms with Gasteiger partial charge in [0.15, 0.2) is 0 Å². The molecule has 0 saturated carbocycles. The van der Waals surface area contributed by atoms with Crippen molar-refractivity contribution in [3.05, 3.63) is 23.9 Å². The molecule has 0 aromatic carbocycles. The van der Waals surface area contributed by atoms with Crippen molar-refractivity contribution in [1.29, 1.82) is 0 Å². The van der Waals surface area contributed by atoms with Gasteiger partial charge >= 0.3 is 0 Å². The molecule has 1 unspecified atom stereocenters. The van der Waals surface area contributed by atoms with Crippen LogP contribution in [0.15, 0.2) is 23.9 Å². The first-order valence-corrected chi connectivity index (χ1v) is 3.75. The highest BCUT2D eigenvalue weighted by Crippen LogP contribution is 2.23. The summed E-state index contributed by atoms with van der Waals surface area (Å²) in [6.45, 7) is 0.764. The van der Waals surface area contributed by atoms with Crippen LogP contribution in [0.4, 0.5) is 0 Å². The average Bonchev–Trinajstić information content (AvgIpc) is 2.34. The van der Waals surface area contributed by atoms with E-state index < -0.39 is 0 Å². The Bertz CT molecular complexity index is 198. The topological polar surface area (TPSA) is 15.3 Å². The lowest BCUT2D eigenvalue weighted by atomic mass is 10.1. The van der Waals surface area contributed by atoms with Crippen molar-refractivity contribution in [3.8, 4) is 0 Å². The normalized spacial score (nSPS) is 30.3. The monoisotopic (exact) mass is 156 g/mol. The highest BCUT2D eigenvalue weighted by atomic mass is 35.5. The third-order valence-electron chi connectivity index (χ3n) is 1.89. The Hall–Kier alpha value is -0.470. The number of nitrogens with one attached hydrogen (secondary N) is 1. The van der Waals surface area contributed by atoms with Crippen LogP contribution in [0.3, 0.4) is 0 Å². The van der Waals surface area contributed by atoms with Crippen LogP contribution in [0, 0.1) is 0 Å². The number of halogens is 1. The lowest BCUT2D eigenvalue weighted by Gasteiger charge is -2.14. The van der Waals surface area contributed by atoms with Gasteiger partial charge in [0.1, 0.15) is 0 Å². The van der Waals surface area contributed by atoms with Crippen LogP contribution in [0.1, 0.15) is 6.42 Å². The van der Waals surface area contributed by atoms with Crippen molar-refractivity contribution in [2.75, 3.05) is 6.67 Å². The van der Waals surface area contributed by atoms with Crippen LogP contribution in [-0.4, -0.2) is 17.1 Å². The Balaban J connectivity index is 2.25. The van der Waals surface area contributed by atoms with E-state index in [2.05, 4.69) is 17.5 Å². The molecule has 1 saturated heterocycles. The molecule has 0 aromatic rings. The van der Waals surface area contributed by atoms with Crippen LogP contribution in [0.5, 0.6) is 0 Å². The van der Waals surface area contributed by atoms with Gasteiger partial charge in [0.2, 0.25) is 0 Å². The molecule has 10 heavy (non-hydrogen) atoms. The second-order valence-corrected chi connectivity index (χ2v) is 2.94. The maximum atomic E-state index is 5.85. The van der Waals surface area contributed by atoms with Gasteiger partial charge in [0, 0.05) is 17.5 Å². The third kappa shape index (κ3) is 0.842. The average molecular weight is 157 g/mol. The first kappa shape index (κ1) is 6.25. The molecule has 0 aromatic heterocycles. The molecule has 2 nitrogen and oxygen atoms in total. The lowest BCUT2D eigenvalue weighted by molar-refractivity contribution is 0.606. The summed E-state index contributed by atoms with van der Waals surface area (Å²) in [4.78, 5) is 0. The molecule has 1 atom stereocenters. The van der Waals surface area contributed by atoms with E-state index in [9.17, 15) is 0 Å². The summed E-state index contributed by atoms with van der Waals surface area (Å²) < 4.78 is 1.73. The molecule has 2 aliphatic rings. The number of nitrogens with zero attached hydrogens (tertiary/aromatic N) is 1. The zero-order valence-electron chi connectivity index (χ0n) is 5.55. The van der Waals surface area contributed by atoms with E-state index in [0.717, 1.165) is 13.1 Å². The van der Waals surface area contributed by atoms with Gasteiger partial charge in [-0.3, -0.25) is 9.74 Å². The molecule has 1 heterocycles. The fourth-order valence-electron chi connectivity index (χ4n) is 1.34. The predicted octanol–water partition coefficient (Wildman–Crippen LogP) is 1.22. The predicted molar refractivity (Wildman–Crippen MR) is 41.3 cm³/mol. The fourth-order valence-corrected chi connectivity index (χ4v) is 1.58. The minimum absolute atomic E-state index is 0.461. The molecule has 0 spiro atoms. The van der Waals surface area contributed by atoms with Crippen molar-refractivity contribution in [1.82, 2.24) is 9.74 Å². The third-order valence-corrected chi connectivity index (χ3v) is 2.20. The summed E-state index contributed by atoms with van der Waals surface area (Å²) in [5, 5.41) is 3.28. The van der Waals surface area contributed by atoms with Crippen molar-refractivity contribution < 1.29 is 0 Å². The number of allylic oxidation sites excluding steroid dienone is 2.